The Kier molecular flexibility index (Phi) is 3.21. The zero-order valence-electron chi connectivity index (χ0n) is 7.17. The number of hydrogen-bond donors (Lipinski definition) is 2. The average molecular weight is 215 g/mol. The van der Waals surface area contributed by atoms with Gasteiger partial charge in [-0.2, -0.15) is 0 Å². The molecule has 0 aliphatic carbocycles. The third kappa shape index (κ3) is 2.30. The second-order valence-corrected chi connectivity index (χ2v) is 4.34. The summed E-state index contributed by atoms with van der Waals surface area (Å²) in [4.78, 5) is 8.71. The maximum Gasteiger partial charge on any atom is 0.290 e. The summed E-state index contributed by atoms with van der Waals surface area (Å²) >= 11 is 0. The van der Waals surface area contributed by atoms with Gasteiger partial charge in [0.25, 0.3) is 6.47 Å². The molecule has 2 aliphatic rings. The molecule has 6 heteroatoms. The summed E-state index contributed by atoms with van der Waals surface area (Å²) < 4.78 is 24.8. The molecule has 0 radical (unpaired) electrons. The molecule has 0 atom stereocenters. The first-order valence-electron chi connectivity index (χ1n) is 3.76. The van der Waals surface area contributed by atoms with Crippen molar-refractivity contribution in [3.05, 3.63) is 29.8 Å². The standard InChI is InChI=1S/C7H7NO2S.CH2O2/c9-11(10)7-3-1-6(2-4-7)5-8-11;2-1-3/h1-4,8H,5H2;1H,(H,2,3). The molecule has 3 rings (SSSR count). The first kappa shape index (κ1) is 10.7. The molecule has 0 unspecified atom stereocenters. The second-order valence-electron chi connectivity index (χ2n) is 2.57. The van der Waals surface area contributed by atoms with Crippen LogP contribution in [0.1, 0.15) is 5.56 Å². The largest absolute Gasteiger partial charge is 0.483 e. The lowest BCUT2D eigenvalue weighted by Crippen LogP contribution is -2.20. The maximum atomic E-state index is 11.2. The molecule has 2 heterocycles. The van der Waals surface area contributed by atoms with E-state index in [0.29, 0.717) is 11.4 Å². The molecule has 0 amide bonds. The zero-order chi connectivity index (χ0) is 10.6. The van der Waals surface area contributed by atoms with Crippen LogP contribution in [0.2, 0.25) is 0 Å². The van der Waals surface area contributed by atoms with Crippen LogP contribution in [0, 0.1) is 0 Å². The summed E-state index contributed by atoms with van der Waals surface area (Å²) in [6, 6.07) is 6.86. The van der Waals surface area contributed by atoms with Gasteiger partial charge in [0.2, 0.25) is 10.0 Å². The first-order valence-corrected chi connectivity index (χ1v) is 5.25. The molecule has 0 fully saturated rings. The van der Waals surface area contributed by atoms with Gasteiger partial charge in [-0.1, -0.05) is 12.1 Å². The van der Waals surface area contributed by atoms with Crippen LogP contribution in [0.15, 0.2) is 29.2 Å². The Morgan fingerprint density at radius 3 is 2.29 bits per heavy atom. The fraction of sp³-hybridized carbons (Fsp3) is 0.125. The Morgan fingerprint density at radius 2 is 1.79 bits per heavy atom. The van der Waals surface area contributed by atoms with Crippen LogP contribution < -0.4 is 4.72 Å². The first-order chi connectivity index (χ1) is 6.60. The number of sulfonamides is 1. The lowest BCUT2D eigenvalue weighted by Gasteiger charge is -1.97. The van der Waals surface area contributed by atoms with Crippen molar-refractivity contribution in [2.75, 3.05) is 0 Å². The fourth-order valence-corrected chi connectivity index (χ4v) is 2.07. The molecule has 0 aromatic heterocycles. The van der Waals surface area contributed by atoms with Gasteiger partial charge in [-0.15, -0.1) is 0 Å². The number of hydrogen-bond acceptors (Lipinski definition) is 3. The highest BCUT2D eigenvalue weighted by molar-refractivity contribution is 7.89. The number of rotatable bonds is 0. The molecule has 2 aliphatic heterocycles. The van der Waals surface area contributed by atoms with Crippen LogP contribution in [-0.4, -0.2) is 20.0 Å². The van der Waals surface area contributed by atoms with Crippen molar-refractivity contribution in [3.8, 4) is 0 Å². The van der Waals surface area contributed by atoms with Gasteiger partial charge in [-0.25, -0.2) is 13.1 Å². The van der Waals surface area contributed by atoms with Gasteiger partial charge in [0.15, 0.2) is 0 Å². The van der Waals surface area contributed by atoms with Crippen molar-refractivity contribution < 1.29 is 18.3 Å². The van der Waals surface area contributed by atoms with E-state index < -0.39 is 10.0 Å². The Labute approximate surface area is 81.4 Å². The molecule has 14 heavy (non-hydrogen) atoms. The van der Waals surface area contributed by atoms with Crippen LogP contribution in [-0.2, 0) is 21.4 Å². The molecule has 1 aromatic carbocycles. The van der Waals surface area contributed by atoms with Gasteiger partial charge in [-0.3, -0.25) is 4.79 Å². The van der Waals surface area contributed by atoms with E-state index in [1.165, 1.54) is 0 Å². The molecule has 2 bridgehead atoms. The fourth-order valence-electron chi connectivity index (χ4n) is 1.05. The van der Waals surface area contributed by atoms with Crippen molar-refractivity contribution >= 4 is 16.5 Å². The highest BCUT2D eigenvalue weighted by atomic mass is 32.2. The molecule has 5 nitrogen and oxygen atoms in total. The predicted octanol–water partition coefficient (Wildman–Crippen LogP) is 0.179. The van der Waals surface area contributed by atoms with Crippen molar-refractivity contribution in [1.29, 1.82) is 0 Å². The summed E-state index contributed by atoms with van der Waals surface area (Å²) in [5, 5.41) is 6.89. The Morgan fingerprint density at radius 1 is 1.29 bits per heavy atom. The van der Waals surface area contributed by atoms with Crippen molar-refractivity contribution in [3.63, 3.8) is 0 Å². The van der Waals surface area contributed by atoms with Crippen molar-refractivity contribution in [2.24, 2.45) is 0 Å². The van der Waals surface area contributed by atoms with Gasteiger partial charge in [0, 0.05) is 6.54 Å². The third-order valence-corrected chi connectivity index (χ3v) is 3.12. The summed E-state index contributed by atoms with van der Waals surface area (Å²) in [6.07, 6.45) is 0. The van der Waals surface area contributed by atoms with Gasteiger partial charge < -0.3 is 5.11 Å². The van der Waals surface area contributed by atoms with E-state index in [2.05, 4.69) is 4.72 Å². The van der Waals surface area contributed by atoms with E-state index in [1.54, 1.807) is 12.1 Å². The summed E-state index contributed by atoms with van der Waals surface area (Å²) in [6.45, 7) is 0.152. The van der Waals surface area contributed by atoms with E-state index in [9.17, 15) is 8.42 Å². The minimum Gasteiger partial charge on any atom is -0.483 e. The average Bonchev–Trinajstić information content (AvgIpc) is 2.37. The SMILES string of the molecule is O=CO.O=S1(=O)NCc2ccc1cc2. The normalized spacial score (nSPS) is 16.3. The molecular weight excluding hydrogens is 206 g/mol. The van der Waals surface area contributed by atoms with Crippen LogP contribution in [0.3, 0.4) is 0 Å². The maximum absolute atomic E-state index is 11.2. The van der Waals surface area contributed by atoms with Crippen molar-refractivity contribution in [1.82, 2.24) is 4.72 Å². The van der Waals surface area contributed by atoms with Gasteiger partial charge in [-0.05, 0) is 17.7 Å². The summed E-state index contributed by atoms with van der Waals surface area (Å²) in [7, 11) is -3.20. The third-order valence-electron chi connectivity index (χ3n) is 1.70. The van der Waals surface area contributed by atoms with Gasteiger partial charge >= 0.3 is 0 Å². The Hall–Kier alpha value is -1.40. The molecule has 0 saturated carbocycles. The quantitative estimate of drug-likeness (QED) is 0.605. The number of carbonyl (C=O) groups is 1. The Bertz CT molecular complexity index is 409. The Balaban J connectivity index is 0.000000293. The van der Waals surface area contributed by atoms with Crippen LogP contribution >= 0.6 is 0 Å². The summed E-state index contributed by atoms with van der Waals surface area (Å²) in [5.41, 5.74) is 0.995. The van der Waals surface area contributed by atoms with Gasteiger partial charge in [0.05, 0.1) is 4.90 Å². The van der Waals surface area contributed by atoms with Crippen LogP contribution in [0.4, 0.5) is 0 Å². The smallest absolute Gasteiger partial charge is 0.290 e. The molecular formula is C8H9NO4S. The number of carboxylic acid groups (broad SMARTS) is 1. The highest BCUT2D eigenvalue weighted by Gasteiger charge is 2.16. The minimum absolute atomic E-state index is 0.250. The highest BCUT2D eigenvalue weighted by Crippen LogP contribution is 2.14. The molecule has 2 N–H and O–H groups in total. The minimum atomic E-state index is -3.20. The van der Waals surface area contributed by atoms with E-state index in [1.807, 2.05) is 12.1 Å². The second kappa shape index (κ2) is 4.21. The lowest BCUT2D eigenvalue weighted by molar-refractivity contribution is -0.122. The van der Waals surface area contributed by atoms with E-state index >= 15 is 0 Å². The molecule has 76 valence electrons. The number of nitrogens with one attached hydrogen (secondary N) is 1. The van der Waals surface area contributed by atoms with Crippen LogP contribution in [0.5, 0.6) is 0 Å². The van der Waals surface area contributed by atoms with Gasteiger partial charge in [0.1, 0.15) is 0 Å². The topological polar surface area (TPSA) is 83.5 Å². The monoisotopic (exact) mass is 215 g/mol. The lowest BCUT2D eigenvalue weighted by atomic mass is 10.2. The predicted molar refractivity (Wildman–Crippen MR) is 49.2 cm³/mol. The van der Waals surface area contributed by atoms with E-state index in [-0.39, 0.29) is 6.47 Å². The van der Waals surface area contributed by atoms with Crippen molar-refractivity contribution in [2.45, 2.75) is 11.4 Å². The summed E-state index contributed by atoms with van der Waals surface area (Å²) in [5.74, 6) is 0. The van der Waals surface area contributed by atoms with E-state index in [4.69, 9.17) is 9.90 Å². The number of fused-ring (bicyclic) bond motifs is 4. The zero-order valence-corrected chi connectivity index (χ0v) is 7.99. The number of benzene rings is 1. The molecule has 0 saturated heterocycles. The molecule has 0 spiro atoms. The molecule has 1 aromatic rings. The van der Waals surface area contributed by atoms with Crippen LogP contribution in [0.25, 0.3) is 0 Å². The van der Waals surface area contributed by atoms with E-state index in [0.717, 1.165) is 5.56 Å².